The normalized spacial score (nSPS) is 8.60. The fraction of sp³-hybridized carbons (Fsp3) is 0.417. The van der Waals surface area contributed by atoms with E-state index in [1.807, 2.05) is 70.2 Å². The molecule has 0 bridgehead atoms. The van der Waals surface area contributed by atoms with E-state index in [4.69, 9.17) is 5.41 Å². The molecule has 15 heavy (non-hydrogen) atoms. The lowest BCUT2D eigenvalue weighted by molar-refractivity contribution is 0.603. The van der Waals surface area contributed by atoms with Crippen molar-refractivity contribution in [1.29, 1.82) is 5.41 Å². The number of para-hydroxylation sites is 1. The van der Waals surface area contributed by atoms with E-state index in [9.17, 15) is 0 Å². The van der Waals surface area contributed by atoms with Crippen LogP contribution < -0.4 is 4.90 Å². The van der Waals surface area contributed by atoms with Crippen molar-refractivity contribution in [3.8, 4) is 0 Å². The van der Waals surface area contributed by atoms with Crippen LogP contribution in [-0.2, 0) is 0 Å². The van der Waals surface area contributed by atoms with Crippen molar-refractivity contribution in [2.75, 3.05) is 26.0 Å². The smallest absolute Gasteiger partial charge is 0.197 e. The van der Waals surface area contributed by atoms with E-state index in [1.165, 1.54) is 0 Å². The lowest BCUT2D eigenvalue weighted by Gasteiger charge is -2.24. The summed E-state index contributed by atoms with van der Waals surface area (Å²) in [6.07, 6.45) is 0. The predicted octanol–water partition coefficient (Wildman–Crippen LogP) is 2.65. The summed E-state index contributed by atoms with van der Waals surface area (Å²) in [5.41, 5.74) is 1.03. The van der Waals surface area contributed by atoms with Crippen molar-refractivity contribution >= 4 is 11.6 Å². The molecule has 0 atom stereocenters. The molecule has 0 aliphatic carbocycles. The molecule has 0 aliphatic heterocycles. The Balaban J connectivity index is 0.000000921. The molecule has 0 aliphatic rings. The van der Waals surface area contributed by atoms with Gasteiger partial charge in [0.1, 0.15) is 0 Å². The highest BCUT2D eigenvalue weighted by Crippen LogP contribution is 2.11. The maximum atomic E-state index is 7.74. The van der Waals surface area contributed by atoms with Gasteiger partial charge in [0.2, 0.25) is 0 Å². The minimum atomic E-state index is 0.478. The highest BCUT2D eigenvalue weighted by molar-refractivity contribution is 5.92. The molecular weight excluding hydrogens is 186 g/mol. The average Bonchev–Trinajstić information content (AvgIpc) is 2.31. The SMILES string of the molecule is CC.CN(C)C(=N)N(C)c1ccccc1. The second kappa shape index (κ2) is 6.87. The molecule has 0 fully saturated rings. The fourth-order valence-electron chi connectivity index (χ4n) is 1.07. The average molecular weight is 207 g/mol. The number of hydrogen-bond donors (Lipinski definition) is 1. The van der Waals surface area contributed by atoms with Gasteiger partial charge in [-0.05, 0) is 12.1 Å². The molecule has 0 unspecified atom stereocenters. The quantitative estimate of drug-likeness (QED) is 0.567. The number of hydrogen-bond acceptors (Lipinski definition) is 1. The van der Waals surface area contributed by atoms with E-state index in [-0.39, 0.29) is 0 Å². The summed E-state index contributed by atoms with van der Waals surface area (Å²) in [4.78, 5) is 3.60. The third kappa shape index (κ3) is 4.02. The molecule has 1 N–H and O–H groups in total. The summed E-state index contributed by atoms with van der Waals surface area (Å²) in [5.74, 6) is 0.478. The maximum absolute atomic E-state index is 7.74. The zero-order valence-electron chi connectivity index (χ0n) is 10.3. The van der Waals surface area contributed by atoms with Gasteiger partial charge in [-0.2, -0.15) is 0 Å². The Morgan fingerprint density at radius 3 is 1.87 bits per heavy atom. The molecule has 0 radical (unpaired) electrons. The summed E-state index contributed by atoms with van der Waals surface area (Å²) in [5, 5.41) is 7.74. The van der Waals surface area contributed by atoms with Crippen LogP contribution in [0.2, 0.25) is 0 Å². The summed E-state index contributed by atoms with van der Waals surface area (Å²) in [6.45, 7) is 4.00. The first-order chi connectivity index (χ1) is 7.13. The highest BCUT2D eigenvalue weighted by atomic mass is 15.3. The van der Waals surface area contributed by atoms with Crippen LogP contribution in [0.5, 0.6) is 0 Å². The van der Waals surface area contributed by atoms with Crippen LogP contribution >= 0.6 is 0 Å². The summed E-state index contributed by atoms with van der Waals surface area (Å²) in [6, 6.07) is 9.87. The summed E-state index contributed by atoms with van der Waals surface area (Å²) < 4.78 is 0. The molecule has 3 nitrogen and oxygen atoms in total. The maximum Gasteiger partial charge on any atom is 0.197 e. The molecule has 1 aromatic rings. The first kappa shape index (κ1) is 13.5. The first-order valence-electron chi connectivity index (χ1n) is 5.17. The Morgan fingerprint density at radius 2 is 1.47 bits per heavy atom. The summed E-state index contributed by atoms with van der Waals surface area (Å²) >= 11 is 0. The van der Waals surface area contributed by atoms with Gasteiger partial charge in [0.25, 0.3) is 0 Å². The van der Waals surface area contributed by atoms with Gasteiger partial charge in [0.15, 0.2) is 5.96 Å². The van der Waals surface area contributed by atoms with Crippen molar-refractivity contribution in [1.82, 2.24) is 4.90 Å². The zero-order valence-corrected chi connectivity index (χ0v) is 10.3. The Kier molecular flexibility index (Phi) is 6.18. The van der Waals surface area contributed by atoms with Crippen molar-refractivity contribution in [3.63, 3.8) is 0 Å². The van der Waals surface area contributed by atoms with Gasteiger partial charge in [-0.15, -0.1) is 0 Å². The van der Waals surface area contributed by atoms with Crippen LogP contribution in [0.4, 0.5) is 5.69 Å². The van der Waals surface area contributed by atoms with Crippen molar-refractivity contribution in [2.24, 2.45) is 0 Å². The van der Waals surface area contributed by atoms with E-state index < -0.39 is 0 Å². The third-order valence-corrected chi connectivity index (χ3v) is 1.88. The number of rotatable bonds is 1. The number of nitrogens with zero attached hydrogens (tertiary/aromatic N) is 2. The van der Waals surface area contributed by atoms with Crippen LogP contribution in [0.25, 0.3) is 0 Å². The lowest BCUT2D eigenvalue weighted by Crippen LogP contribution is -2.36. The Bertz CT molecular complexity index is 280. The first-order valence-corrected chi connectivity index (χ1v) is 5.17. The minimum Gasteiger partial charge on any atom is -0.349 e. The second-order valence-corrected chi connectivity index (χ2v) is 3.11. The molecule has 0 saturated carbocycles. The molecule has 0 saturated heterocycles. The van der Waals surface area contributed by atoms with E-state index in [1.54, 1.807) is 4.90 Å². The van der Waals surface area contributed by atoms with Gasteiger partial charge in [0, 0.05) is 26.8 Å². The molecule has 3 heteroatoms. The molecule has 0 spiro atoms. The standard InChI is InChI=1S/C10H15N3.C2H6/c1-12(2)10(11)13(3)9-7-5-4-6-8-9;1-2/h4-8,11H,1-3H3;1-2H3. The van der Waals surface area contributed by atoms with Gasteiger partial charge < -0.3 is 9.80 Å². The van der Waals surface area contributed by atoms with Crippen molar-refractivity contribution in [2.45, 2.75) is 13.8 Å². The summed E-state index contributed by atoms with van der Waals surface area (Å²) in [7, 11) is 5.61. The molecule has 0 amide bonds. The lowest BCUT2D eigenvalue weighted by atomic mass is 10.3. The zero-order chi connectivity index (χ0) is 11.8. The predicted molar refractivity (Wildman–Crippen MR) is 67.6 cm³/mol. The van der Waals surface area contributed by atoms with Crippen molar-refractivity contribution < 1.29 is 0 Å². The number of nitrogens with one attached hydrogen (secondary N) is 1. The van der Waals surface area contributed by atoms with Gasteiger partial charge in [-0.1, -0.05) is 32.0 Å². The van der Waals surface area contributed by atoms with E-state index in [2.05, 4.69) is 0 Å². The van der Waals surface area contributed by atoms with Crippen LogP contribution in [-0.4, -0.2) is 32.0 Å². The molecule has 0 aromatic heterocycles. The second-order valence-electron chi connectivity index (χ2n) is 3.11. The van der Waals surface area contributed by atoms with Crippen LogP contribution in [0.15, 0.2) is 30.3 Å². The van der Waals surface area contributed by atoms with Crippen molar-refractivity contribution in [3.05, 3.63) is 30.3 Å². The number of guanidine groups is 1. The molecule has 0 heterocycles. The van der Waals surface area contributed by atoms with Gasteiger partial charge in [-0.3, -0.25) is 5.41 Å². The highest BCUT2D eigenvalue weighted by Gasteiger charge is 2.06. The van der Waals surface area contributed by atoms with E-state index in [0.717, 1.165) is 5.69 Å². The van der Waals surface area contributed by atoms with Gasteiger partial charge in [-0.25, -0.2) is 0 Å². The van der Waals surface area contributed by atoms with Gasteiger partial charge in [0.05, 0.1) is 0 Å². The third-order valence-electron chi connectivity index (χ3n) is 1.88. The molecule has 84 valence electrons. The number of benzene rings is 1. The Morgan fingerprint density at radius 1 is 1.00 bits per heavy atom. The minimum absolute atomic E-state index is 0.478. The fourth-order valence-corrected chi connectivity index (χ4v) is 1.07. The van der Waals surface area contributed by atoms with E-state index >= 15 is 0 Å². The molecule has 1 aromatic carbocycles. The molecular formula is C12H21N3. The van der Waals surface area contributed by atoms with Crippen LogP contribution in [0, 0.1) is 5.41 Å². The monoisotopic (exact) mass is 207 g/mol. The Hall–Kier alpha value is -1.51. The van der Waals surface area contributed by atoms with Crippen LogP contribution in [0.3, 0.4) is 0 Å². The number of anilines is 1. The Labute approximate surface area is 92.8 Å². The molecule has 1 rings (SSSR count). The van der Waals surface area contributed by atoms with E-state index in [0.29, 0.717) is 5.96 Å². The van der Waals surface area contributed by atoms with Crippen LogP contribution in [0.1, 0.15) is 13.8 Å². The van der Waals surface area contributed by atoms with Gasteiger partial charge >= 0.3 is 0 Å². The largest absolute Gasteiger partial charge is 0.349 e. The topological polar surface area (TPSA) is 30.3 Å².